The van der Waals surface area contributed by atoms with Crippen LogP contribution < -0.4 is 5.73 Å². The van der Waals surface area contributed by atoms with Gasteiger partial charge in [0.05, 0.1) is 6.61 Å². The summed E-state index contributed by atoms with van der Waals surface area (Å²) in [5.74, 6) is -0.385. The van der Waals surface area contributed by atoms with Crippen LogP contribution in [0, 0.1) is 0 Å². The van der Waals surface area contributed by atoms with Crippen molar-refractivity contribution in [2.45, 2.75) is 38.8 Å². The second kappa shape index (κ2) is 6.36. The number of nitrogens with zero attached hydrogens (tertiary/aromatic N) is 4. The smallest absolute Gasteiger partial charge is 0.328 e. The van der Waals surface area contributed by atoms with Crippen molar-refractivity contribution in [3.63, 3.8) is 0 Å². The molecule has 1 saturated heterocycles. The molecule has 2 N–H and O–H groups in total. The van der Waals surface area contributed by atoms with Gasteiger partial charge in [-0.15, -0.1) is 5.10 Å². The Morgan fingerprint density at radius 1 is 1.50 bits per heavy atom. The first-order valence-corrected chi connectivity index (χ1v) is 6.73. The number of hydrogen-bond donors (Lipinski definition) is 1. The van der Waals surface area contributed by atoms with Crippen molar-refractivity contribution in [2.24, 2.45) is 0 Å². The zero-order valence-electron chi connectivity index (χ0n) is 11.5. The average Bonchev–Trinajstić information content (AvgIpc) is 2.84. The van der Waals surface area contributed by atoms with Gasteiger partial charge in [0, 0.05) is 6.54 Å². The van der Waals surface area contributed by atoms with Crippen molar-refractivity contribution in [3.8, 4) is 0 Å². The quantitative estimate of drug-likeness (QED) is 0.767. The molecule has 1 aromatic heterocycles. The highest BCUT2D eigenvalue weighted by Gasteiger charge is 2.33. The first-order chi connectivity index (χ1) is 9.61. The average molecular weight is 281 g/mol. The van der Waals surface area contributed by atoms with E-state index in [0.717, 1.165) is 12.8 Å². The number of nitrogen functional groups attached to an aromatic ring is 1. The van der Waals surface area contributed by atoms with Gasteiger partial charge >= 0.3 is 5.97 Å². The lowest BCUT2D eigenvalue weighted by molar-refractivity contribution is -0.156. The van der Waals surface area contributed by atoms with Crippen LogP contribution in [0.5, 0.6) is 0 Å². The highest BCUT2D eigenvalue weighted by atomic mass is 16.5. The lowest BCUT2D eigenvalue weighted by Gasteiger charge is -2.33. The summed E-state index contributed by atoms with van der Waals surface area (Å²) in [6.45, 7) is 2.66. The summed E-state index contributed by atoms with van der Waals surface area (Å²) in [7, 11) is 0. The third kappa shape index (κ3) is 3.25. The van der Waals surface area contributed by atoms with E-state index in [-0.39, 0.29) is 24.4 Å². The zero-order chi connectivity index (χ0) is 14.5. The number of nitrogens with two attached hydrogens (primary N) is 1. The first kappa shape index (κ1) is 14.3. The molecule has 0 bridgehead atoms. The van der Waals surface area contributed by atoms with E-state index < -0.39 is 6.04 Å². The lowest BCUT2D eigenvalue weighted by atomic mass is 10.0. The summed E-state index contributed by atoms with van der Waals surface area (Å²) in [6, 6.07) is -0.489. The number of hydrogen-bond acceptors (Lipinski definition) is 6. The zero-order valence-corrected chi connectivity index (χ0v) is 11.5. The molecule has 8 nitrogen and oxygen atoms in total. The van der Waals surface area contributed by atoms with Gasteiger partial charge in [-0.05, 0) is 26.2 Å². The summed E-state index contributed by atoms with van der Waals surface area (Å²) in [4.78, 5) is 29.5. The highest BCUT2D eigenvalue weighted by molar-refractivity contribution is 5.84. The third-order valence-corrected chi connectivity index (χ3v) is 3.23. The van der Waals surface area contributed by atoms with Crippen LogP contribution in [0.4, 0.5) is 5.95 Å². The minimum absolute atomic E-state index is 0.0279. The Morgan fingerprint density at radius 2 is 2.30 bits per heavy atom. The molecule has 20 heavy (non-hydrogen) atoms. The molecule has 110 valence electrons. The molecule has 1 fully saturated rings. The molecular formula is C12H19N5O3. The Morgan fingerprint density at radius 3 is 2.95 bits per heavy atom. The predicted octanol–water partition coefficient (Wildman–Crippen LogP) is -0.195. The monoisotopic (exact) mass is 281 g/mol. The minimum Gasteiger partial charge on any atom is -0.464 e. The number of esters is 1. The molecule has 1 amide bonds. The van der Waals surface area contributed by atoms with Crippen LogP contribution in [0.1, 0.15) is 26.2 Å². The summed E-state index contributed by atoms with van der Waals surface area (Å²) in [5.41, 5.74) is 5.41. The van der Waals surface area contributed by atoms with Crippen LogP contribution in [0.25, 0.3) is 0 Å². The summed E-state index contributed by atoms with van der Waals surface area (Å²) < 4.78 is 6.40. The van der Waals surface area contributed by atoms with E-state index in [2.05, 4.69) is 10.1 Å². The molecule has 2 heterocycles. The van der Waals surface area contributed by atoms with Crippen LogP contribution in [-0.4, -0.2) is 50.7 Å². The van der Waals surface area contributed by atoms with Gasteiger partial charge in [-0.2, -0.15) is 0 Å². The molecule has 0 radical (unpaired) electrons. The van der Waals surface area contributed by atoms with E-state index in [9.17, 15) is 9.59 Å². The van der Waals surface area contributed by atoms with Crippen LogP contribution in [-0.2, 0) is 20.9 Å². The molecule has 1 aliphatic rings. The second-order valence-electron chi connectivity index (χ2n) is 4.65. The molecule has 0 spiro atoms. The van der Waals surface area contributed by atoms with Gasteiger partial charge in [-0.25, -0.2) is 14.5 Å². The van der Waals surface area contributed by atoms with E-state index in [1.165, 1.54) is 11.0 Å². The van der Waals surface area contributed by atoms with Gasteiger partial charge in [0.1, 0.15) is 18.9 Å². The van der Waals surface area contributed by atoms with Crippen molar-refractivity contribution in [3.05, 3.63) is 6.33 Å². The Kier molecular flexibility index (Phi) is 4.54. The van der Waals surface area contributed by atoms with Crippen LogP contribution in [0.3, 0.4) is 0 Å². The maximum absolute atomic E-state index is 12.3. The van der Waals surface area contributed by atoms with Gasteiger partial charge < -0.3 is 15.4 Å². The minimum atomic E-state index is -0.489. The largest absolute Gasteiger partial charge is 0.464 e. The number of aromatic nitrogens is 3. The van der Waals surface area contributed by atoms with E-state index in [1.54, 1.807) is 11.8 Å². The molecule has 0 aromatic carbocycles. The fourth-order valence-electron chi connectivity index (χ4n) is 2.33. The molecule has 1 aliphatic heterocycles. The normalized spacial score (nSPS) is 18.9. The molecular weight excluding hydrogens is 262 g/mol. The SMILES string of the molecule is CCOC(=O)C1CCCCN1C(=O)Cn1cnc(N)n1. The first-order valence-electron chi connectivity index (χ1n) is 6.73. The van der Waals surface area contributed by atoms with Gasteiger partial charge in [-0.1, -0.05) is 0 Å². The number of rotatable bonds is 4. The van der Waals surface area contributed by atoms with E-state index in [0.29, 0.717) is 19.6 Å². The predicted molar refractivity (Wildman–Crippen MR) is 70.4 cm³/mol. The molecule has 1 unspecified atom stereocenters. The van der Waals surface area contributed by atoms with Gasteiger partial charge in [0.2, 0.25) is 11.9 Å². The van der Waals surface area contributed by atoms with Crippen LogP contribution in [0.2, 0.25) is 0 Å². The van der Waals surface area contributed by atoms with Crippen molar-refractivity contribution in [1.82, 2.24) is 19.7 Å². The number of carbonyl (C=O) groups excluding carboxylic acids is 2. The molecule has 0 aliphatic carbocycles. The van der Waals surface area contributed by atoms with Gasteiger partial charge in [-0.3, -0.25) is 4.79 Å². The van der Waals surface area contributed by atoms with Crippen LogP contribution in [0.15, 0.2) is 6.33 Å². The van der Waals surface area contributed by atoms with Crippen molar-refractivity contribution in [2.75, 3.05) is 18.9 Å². The second-order valence-corrected chi connectivity index (χ2v) is 4.65. The standard InChI is InChI=1S/C12H19N5O3/c1-2-20-11(19)9-5-3-4-6-17(9)10(18)7-16-8-14-12(13)15-16/h8-9H,2-7H2,1H3,(H2,13,15). The van der Waals surface area contributed by atoms with E-state index >= 15 is 0 Å². The number of amides is 1. The summed E-state index contributed by atoms with van der Waals surface area (Å²) >= 11 is 0. The van der Waals surface area contributed by atoms with Gasteiger partial charge in [0.15, 0.2) is 0 Å². The highest BCUT2D eigenvalue weighted by Crippen LogP contribution is 2.18. The van der Waals surface area contributed by atoms with Crippen molar-refractivity contribution < 1.29 is 14.3 Å². The Labute approximate surface area is 116 Å². The number of ether oxygens (including phenoxy) is 1. The van der Waals surface area contributed by atoms with Gasteiger partial charge in [0.25, 0.3) is 0 Å². The number of anilines is 1. The molecule has 2 rings (SSSR count). The Hall–Kier alpha value is -2.12. The van der Waals surface area contributed by atoms with E-state index in [1.807, 2.05) is 0 Å². The number of likely N-dealkylation sites (tertiary alicyclic amines) is 1. The van der Waals surface area contributed by atoms with E-state index in [4.69, 9.17) is 10.5 Å². The lowest BCUT2D eigenvalue weighted by Crippen LogP contribution is -2.49. The molecule has 1 aromatic rings. The molecule has 1 atom stereocenters. The maximum Gasteiger partial charge on any atom is 0.328 e. The fraction of sp³-hybridized carbons (Fsp3) is 0.667. The fourth-order valence-corrected chi connectivity index (χ4v) is 2.33. The molecule has 8 heteroatoms. The topological polar surface area (TPSA) is 103 Å². The van der Waals surface area contributed by atoms with Crippen molar-refractivity contribution >= 4 is 17.8 Å². The Balaban J connectivity index is 2.03. The number of carbonyl (C=O) groups is 2. The van der Waals surface area contributed by atoms with Crippen LogP contribution >= 0.6 is 0 Å². The van der Waals surface area contributed by atoms with Crippen molar-refractivity contribution in [1.29, 1.82) is 0 Å². The maximum atomic E-state index is 12.3. The summed E-state index contributed by atoms with van der Waals surface area (Å²) in [5, 5.41) is 3.87. The summed E-state index contributed by atoms with van der Waals surface area (Å²) in [6.07, 6.45) is 3.85. The Bertz CT molecular complexity index is 487. The molecule has 0 saturated carbocycles. The third-order valence-electron chi connectivity index (χ3n) is 3.23. The number of piperidine rings is 1.